The molecule has 0 aliphatic carbocycles. The first-order valence-electron chi connectivity index (χ1n) is 4.84. The number of halogens is 1. The molecule has 90 valence electrons. The van der Waals surface area contributed by atoms with E-state index in [1.54, 1.807) is 7.05 Å². The topological polar surface area (TPSA) is 46.6 Å². The second-order valence-electron chi connectivity index (χ2n) is 3.21. The van der Waals surface area contributed by atoms with Gasteiger partial charge in [0.05, 0.1) is 12.8 Å². The van der Waals surface area contributed by atoms with Crippen molar-refractivity contribution in [2.45, 2.75) is 0 Å². The third-order valence-corrected chi connectivity index (χ3v) is 3.02. The summed E-state index contributed by atoms with van der Waals surface area (Å²) in [6, 6.07) is 7.49. The maximum atomic E-state index is 11.7. The Bertz CT molecular complexity index is 457. The van der Waals surface area contributed by atoms with Crippen LogP contribution in [0.3, 0.4) is 0 Å². The molecule has 0 aromatic heterocycles. The Balaban J connectivity index is 2.81. The Morgan fingerprint density at radius 1 is 1.29 bits per heavy atom. The second-order valence-corrected chi connectivity index (χ2v) is 4.37. The molecule has 0 bridgehead atoms. The third-order valence-electron chi connectivity index (χ3n) is 2.11. The van der Waals surface area contributed by atoms with Gasteiger partial charge < -0.3 is 9.64 Å². The molecule has 0 aliphatic rings. The van der Waals surface area contributed by atoms with Crippen molar-refractivity contribution in [3.8, 4) is 0 Å². The van der Waals surface area contributed by atoms with Crippen molar-refractivity contribution in [1.29, 1.82) is 0 Å². The number of para-hydroxylation sites is 1. The molecule has 5 heteroatoms. The van der Waals surface area contributed by atoms with Gasteiger partial charge in [0.25, 0.3) is 5.91 Å². The van der Waals surface area contributed by atoms with Crippen LogP contribution in [-0.4, -0.2) is 26.0 Å². The van der Waals surface area contributed by atoms with Crippen LogP contribution in [0, 0.1) is 3.57 Å². The lowest BCUT2D eigenvalue weighted by molar-refractivity contribution is -0.135. The molecule has 0 saturated heterocycles. The number of benzene rings is 1. The summed E-state index contributed by atoms with van der Waals surface area (Å²) in [6.07, 6.45) is 2.30. The largest absolute Gasteiger partial charge is 0.466 e. The van der Waals surface area contributed by atoms with Gasteiger partial charge in [0.15, 0.2) is 0 Å². The fourth-order valence-corrected chi connectivity index (χ4v) is 1.91. The van der Waals surface area contributed by atoms with Crippen LogP contribution in [0.25, 0.3) is 0 Å². The van der Waals surface area contributed by atoms with E-state index < -0.39 is 5.97 Å². The van der Waals surface area contributed by atoms with Crippen molar-refractivity contribution in [2.75, 3.05) is 19.1 Å². The molecule has 0 heterocycles. The predicted octanol–water partition coefficient (Wildman–Crippen LogP) is 1.98. The monoisotopic (exact) mass is 345 g/mol. The molecule has 0 aliphatic heterocycles. The highest BCUT2D eigenvalue weighted by molar-refractivity contribution is 14.1. The normalized spacial score (nSPS) is 10.3. The van der Waals surface area contributed by atoms with Gasteiger partial charge in [-0.1, -0.05) is 12.1 Å². The third kappa shape index (κ3) is 3.85. The van der Waals surface area contributed by atoms with E-state index in [2.05, 4.69) is 27.3 Å². The Morgan fingerprint density at radius 3 is 2.53 bits per heavy atom. The van der Waals surface area contributed by atoms with Crippen LogP contribution >= 0.6 is 22.6 Å². The molecule has 0 fully saturated rings. The van der Waals surface area contributed by atoms with Gasteiger partial charge in [0.1, 0.15) is 0 Å². The Kier molecular flexibility index (Phi) is 5.14. The molecule has 0 radical (unpaired) electrons. The van der Waals surface area contributed by atoms with Crippen molar-refractivity contribution >= 4 is 40.2 Å². The van der Waals surface area contributed by atoms with Gasteiger partial charge in [-0.3, -0.25) is 4.79 Å². The Morgan fingerprint density at radius 2 is 1.94 bits per heavy atom. The van der Waals surface area contributed by atoms with E-state index in [1.807, 2.05) is 24.3 Å². The summed E-state index contributed by atoms with van der Waals surface area (Å²) < 4.78 is 5.38. The van der Waals surface area contributed by atoms with Crippen LogP contribution in [0.4, 0.5) is 5.69 Å². The molecule has 1 amide bonds. The number of carbonyl (C=O) groups is 2. The number of anilines is 1. The number of carbonyl (C=O) groups excluding carboxylic acids is 2. The summed E-state index contributed by atoms with van der Waals surface area (Å²) in [5, 5.41) is 0. The molecule has 0 unspecified atom stereocenters. The fraction of sp³-hybridized carbons (Fsp3) is 0.167. The average molecular weight is 345 g/mol. The van der Waals surface area contributed by atoms with Crippen LogP contribution < -0.4 is 4.90 Å². The quantitative estimate of drug-likeness (QED) is 0.478. The van der Waals surface area contributed by atoms with Gasteiger partial charge in [-0.15, -0.1) is 0 Å². The fourth-order valence-electron chi connectivity index (χ4n) is 1.16. The molecule has 0 N–H and O–H groups in total. The number of likely N-dealkylation sites (N-methyl/N-ethyl adjacent to an activating group) is 1. The van der Waals surface area contributed by atoms with Crippen LogP contribution in [0.2, 0.25) is 0 Å². The number of hydrogen-bond donors (Lipinski definition) is 0. The SMILES string of the molecule is COC(=O)/C=C/C(=O)N(C)c1ccccc1I. The number of hydrogen-bond acceptors (Lipinski definition) is 3. The summed E-state index contributed by atoms with van der Waals surface area (Å²) in [7, 11) is 2.92. The van der Waals surface area contributed by atoms with E-state index in [1.165, 1.54) is 18.1 Å². The van der Waals surface area contributed by atoms with Gasteiger partial charge in [-0.25, -0.2) is 4.79 Å². The maximum Gasteiger partial charge on any atom is 0.330 e. The molecule has 4 nitrogen and oxygen atoms in total. The molecular formula is C12H12INO3. The number of rotatable bonds is 3. The van der Waals surface area contributed by atoms with Gasteiger partial charge in [-0.2, -0.15) is 0 Å². The van der Waals surface area contributed by atoms with E-state index >= 15 is 0 Å². The number of esters is 1. The second kappa shape index (κ2) is 6.39. The highest BCUT2D eigenvalue weighted by Crippen LogP contribution is 2.20. The zero-order valence-corrected chi connectivity index (χ0v) is 11.7. The lowest BCUT2D eigenvalue weighted by atomic mass is 10.3. The zero-order chi connectivity index (χ0) is 12.8. The minimum Gasteiger partial charge on any atom is -0.466 e. The number of methoxy groups -OCH3 is 1. The van der Waals surface area contributed by atoms with Crippen LogP contribution in [0.1, 0.15) is 0 Å². The summed E-state index contributed by atoms with van der Waals surface area (Å²) in [4.78, 5) is 24.1. The summed E-state index contributed by atoms with van der Waals surface area (Å²) in [5.41, 5.74) is 0.799. The van der Waals surface area contributed by atoms with E-state index in [4.69, 9.17) is 0 Å². The smallest absolute Gasteiger partial charge is 0.330 e. The summed E-state index contributed by atoms with van der Waals surface area (Å²) in [6.45, 7) is 0. The summed E-state index contributed by atoms with van der Waals surface area (Å²) >= 11 is 2.15. The van der Waals surface area contributed by atoms with Gasteiger partial charge >= 0.3 is 5.97 Å². The summed E-state index contributed by atoms with van der Waals surface area (Å²) in [5.74, 6) is -0.825. The average Bonchev–Trinajstić information content (AvgIpc) is 2.35. The maximum absolute atomic E-state index is 11.7. The van der Waals surface area contributed by atoms with Crippen LogP contribution in [-0.2, 0) is 14.3 Å². The van der Waals surface area contributed by atoms with Crippen molar-refractivity contribution in [3.63, 3.8) is 0 Å². The highest BCUT2D eigenvalue weighted by atomic mass is 127. The molecule has 17 heavy (non-hydrogen) atoms. The first kappa shape index (κ1) is 13.7. The zero-order valence-electron chi connectivity index (χ0n) is 9.51. The first-order chi connectivity index (χ1) is 8.06. The van der Waals surface area contributed by atoms with E-state index in [0.717, 1.165) is 15.3 Å². The lowest BCUT2D eigenvalue weighted by Crippen LogP contribution is -2.25. The lowest BCUT2D eigenvalue weighted by Gasteiger charge is -2.16. The minimum absolute atomic E-state index is 0.278. The van der Waals surface area contributed by atoms with Crippen molar-refractivity contribution in [1.82, 2.24) is 0 Å². The minimum atomic E-state index is -0.547. The molecule has 0 atom stereocenters. The molecule has 0 saturated carbocycles. The predicted molar refractivity (Wildman–Crippen MR) is 73.7 cm³/mol. The van der Waals surface area contributed by atoms with Gasteiger partial charge in [0, 0.05) is 22.8 Å². The highest BCUT2D eigenvalue weighted by Gasteiger charge is 2.10. The first-order valence-corrected chi connectivity index (χ1v) is 5.92. The molecule has 0 spiro atoms. The molecule has 1 aromatic carbocycles. The Labute approximate surface area is 113 Å². The van der Waals surface area contributed by atoms with Crippen LogP contribution in [0.5, 0.6) is 0 Å². The number of amides is 1. The van der Waals surface area contributed by atoms with Crippen LogP contribution in [0.15, 0.2) is 36.4 Å². The van der Waals surface area contributed by atoms with Crippen molar-refractivity contribution < 1.29 is 14.3 Å². The van der Waals surface area contributed by atoms with E-state index in [-0.39, 0.29) is 5.91 Å². The molecule has 1 aromatic rings. The van der Waals surface area contributed by atoms with Crippen molar-refractivity contribution in [2.24, 2.45) is 0 Å². The van der Waals surface area contributed by atoms with Gasteiger partial charge in [-0.05, 0) is 34.7 Å². The Hall–Kier alpha value is -1.37. The number of nitrogens with zero attached hydrogens (tertiary/aromatic N) is 1. The standard InChI is InChI=1S/C12H12INO3/c1-14(10-6-4-3-5-9(10)13)11(15)7-8-12(16)17-2/h3-8H,1-2H3/b8-7+. The van der Waals surface area contributed by atoms with Crippen molar-refractivity contribution in [3.05, 3.63) is 40.0 Å². The van der Waals surface area contributed by atoms with E-state index in [0.29, 0.717) is 0 Å². The van der Waals surface area contributed by atoms with E-state index in [9.17, 15) is 9.59 Å². The molecule has 1 rings (SSSR count). The number of ether oxygens (including phenoxy) is 1. The van der Waals surface area contributed by atoms with Gasteiger partial charge in [0.2, 0.25) is 0 Å². The molecular weight excluding hydrogens is 333 g/mol.